The van der Waals surface area contributed by atoms with Crippen LogP contribution in [-0.4, -0.2) is 16.5 Å². The van der Waals surface area contributed by atoms with Crippen molar-refractivity contribution in [1.82, 2.24) is 4.98 Å². The summed E-state index contributed by atoms with van der Waals surface area (Å²) in [6.45, 7) is 7.43. The SMILES string of the molecule is CC(C)(C)CNc1ccnc(C(N)=S)c1. The van der Waals surface area contributed by atoms with Crippen LogP contribution in [0.2, 0.25) is 0 Å². The lowest BCUT2D eigenvalue weighted by atomic mass is 9.97. The number of hydrogen-bond acceptors (Lipinski definition) is 3. The van der Waals surface area contributed by atoms with Gasteiger partial charge in [-0.15, -0.1) is 0 Å². The van der Waals surface area contributed by atoms with E-state index in [-0.39, 0.29) is 5.41 Å². The first-order chi connectivity index (χ1) is 6.88. The third-order valence-corrected chi connectivity index (χ3v) is 2.04. The number of anilines is 1. The zero-order valence-corrected chi connectivity index (χ0v) is 10.2. The molecule has 0 radical (unpaired) electrons. The Bertz CT molecular complexity index is 355. The van der Waals surface area contributed by atoms with Crippen LogP contribution < -0.4 is 11.1 Å². The highest BCUT2D eigenvalue weighted by atomic mass is 32.1. The summed E-state index contributed by atoms with van der Waals surface area (Å²) >= 11 is 4.87. The summed E-state index contributed by atoms with van der Waals surface area (Å²) < 4.78 is 0. The molecule has 0 saturated heterocycles. The topological polar surface area (TPSA) is 50.9 Å². The van der Waals surface area contributed by atoms with Crippen LogP contribution in [0.5, 0.6) is 0 Å². The van der Waals surface area contributed by atoms with Gasteiger partial charge in [-0.3, -0.25) is 4.98 Å². The normalized spacial score (nSPS) is 11.1. The number of thiocarbonyl (C=S) groups is 1. The van der Waals surface area contributed by atoms with Crippen LogP contribution >= 0.6 is 12.2 Å². The summed E-state index contributed by atoms with van der Waals surface area (Å²) in [5.74, 6) is 0. The number of hydrogen-bond donors (Lipinski definition) is 2. The van der Waals surface area contributed by atoms with E-state index >= 15 is 0 Å². The summed E-state index contributed by atoms with van der Waals surface area (Å²) in [6, 6.07) is 3.78. The van der Waals surface area contributed by atoms with E-state index in [9.17, 15) is 0 Å². The van der Waals surface area contributed by atoms with Crippen molar-refractivity contribution in [1.29, 1.82) is 0 Å². The zero-order chi connectivity index (χ0) is 11.5. The molecule has 0 aliphatic rings. The van der Waals surface area contributed by atoms with Gasteiger partial charge in [-0.2, -0.15) is 0 Å². The molecule has 0 unspecified atom stereocenters. The molecule has 3 nitrogen and oxygen atoms in total. The van der Waals surface area contributed by atoms with Crippen molar-refractivity contribution in [3.63, 3.8) is 0 Å². The summed E-state index contributed by atoms with van der Waals surface area (Å²) in [5, 5.41) is 3.32. The second kappa shape index (κ2) is 4.57. The quantitative estimate of drug-likeness (QED) is 0.771. The van der Waals surface area contributed by atoms with Crippen LogP contribution in [0, 0.1) is 5.41 Å². The Morgan fingerprint density at radius 2 is 2.20 bits per heavy atom. The summed E-state index contributed by atoms with van der Waals surface area (Å²) in [7, 11) is 0. The fourth-order valence-corrected chi connectivity index (χ4v) is 1.15. The van der Waals surface area contributed by atoms with Crippen molar-refractivity contribution in [3.8, 4) is 0 Å². The summed E-state index contributed by atoms with van der Waals surface area (Å²) in [5.41, 5.74) is 7.41. The van der Waals surface area contributed by atoms with Gasteiger partial charge < -0.3 is 11.1 Å². The molecule has 0 fully saturated rings. The number of nitrogens with two attached hydrogens (primary N) is 1. The lowest BCUT2D eigenvalue weighted by molar-refractivity contribution is 0.443. The molecular formula is C11H17N3S. The van der Waals surface area contributed by atoms with E-state index in [1.54, 1.807) is 6.20 Å². The van der Waals surface area contributed by atoms with E-state index in [1.165, 1.54) is 0 Å². The molecule has 0 bridgehead atoms. The van der Waals surface area contributed by atoms with E-state index in [0.717, 1.165) is 12.2 Å². The van der Waals surface area contributed by atoms with Crippen LogP contribution in [-0.2, 0) is 0 Å². The van der Waals surface area contributed by atoms with Crippen LogP contribution in [0.1, 0.15) is 26.5 Å². The maximum absolute atomic E-state index is 5.51. The maximum atomic E-state index is 5.51. The van der Waals surface area contributed by atoms with E-state index in [0.29, 0.717) is 10.7 Å². The Balaban J connectivity index is 2.70. The number of pyridine rings is 1. The Morgan fingerprint density at radius 1 is 1.53 bits per heavy atom. The first-order valence-corrected chi connectivity index (χ1v) is 5.29. The molecular weight excluding hydrogens is 206 g/mol. The minimum Gasteiger partial charge on any atom is -0.388 e. The fraction of sp³-hybridized carbons (Fsp3) is 0.455. The molecule has 0 aliphatic carbocycles. The Morgan fingerprint density at radius 3 is 2.73 bits per heavy atom. The maximum Gasteiger partial charge on any atom is 0.122 e. The lowest BCUT2D eigenvalue weighted by Crippen LogP contribution is -2.19. The third-order valence-electron chi connectivity index (χ3n) is 1.84. The van der Waals surface area contributed by atoms with Gasteiger partial charge in [0.25, 0.3) is 0 Å². The highest BCUT2D eigenvalue weighted by Gasteiger charge is 2.09. The predicted octanol–water partition coefficient (Wildman–Crippen LogP) is 2.17. The largest absolute Gasteiger partial charge is 0.388 e. The number of nitrogens with zero attached hydrogens (tertiary/aromatic N) is 1. The van der Waals surface area contributed by atoms with E-state index < -0.39 is 0 Å². The third kappa shape index (κ3) is 4.25. The van der Waals surface area contributed by atoms with Crippen molar-refractivity contribution in [2.24, 2.45) is 11.1 Å². The highest BCUT2D eigenvalue weighted by molar-refractivity contribution is 7.80. The molecule has 15 heavy (non-hydrogen) atoms. The fourth-order valence-electron chi connectivity index (χ4n) is 1.04. The molecule has 3 N–H and O–H groups in total. The first-order valence-electron chi connectivity index (χ1n) is 4.88. The van der Waals surface area contributed by atoms with Gasteiger partial charge in [-0.1, -0.05) is 33.0 Å². The average molecular weight is 223 g/mol. The van der Waals surface area contributed by atoms with Gasteiger partial charge in [0.05, 0.1) is 5.69 Å². The number of rotatable bonds is 3. The van der Waals surface area contributed by atoms with Gasteiger partial charge in [-0.25, -0.2) is 0 Å². The van der Waals surface area contributed by atoms with Crippen LogP contribution in [0.3, 0.4) is 0 Å². The second-order valence-corrected chi connectivity index (χ2v) is 5.15. The molecule has 0 spiro atoms. The van der Waals surface area contributed by atoms with Crippen molar-refractivity contribution >= 4 is 22.9 Å². The molecule has 0 atom stereocenters. The molecule has 1 rings (SSSR count). The van der Waals surface area contributed by atoms with Crippen molar-refractivity contribution < 1.29 is 0 Å². The molecule has 0 aromatic carbocycles. The molecule has 1 aromatic heterocycles. The average Bonchev–Trinajstić information content (AvgIpc) is 2.14. The standard InChI is InChI=1S/C11H17N3S/c1-11(2,3)7-14-8-4-5-13-9(6-8)10(12)15/h4-6H,7H2,1-3H3,(H2,12,15)(H,13,14). The monoisotopic (exact) mass is 223 g/mol. The van der Waals surface area contributed by atoms with Gasteiger partial charge in [0, 0.05) is 18.4 Å². The summed E-state index contributed by atoms with van der Waals surface area (Å²) in [6.07, 6.45) is 1.71. The molecule has 0 saturated carbocycles. The van der Waals surface area contributed by atoms with Gasteiger partial charge in [-0.05, 0) is 17.5 Å². The molecule has 0 amide bonds. The second-order valence-electron chi connectivity index (χ2n) is 4.71. The van der Waals surface area contributed by atoms with Crippen molar-refractivity contribution in [2.75, 3.05) is 11.9 Å². The van der Waals surface area contributed by atoms with Crippen molar-refractivity contribution in [3.05, 3.63) is 24.0 Å². The number of nitrogens with one attached hydrogen (secondary N) is 1. The summed E-state index contributed by atoms with van der Waals surface area (Å²) in [4.78, 5) is 4.41. The Hall–Kier alpha value is -1.16. The minimum absolute atomic E-state index is 0.243. The van der Waals surface area contributed by atoms with Crippen LogP contribution in [0.25, 0.3) is 0 Å². The highest BCUT2D eigenvalue weighted by Crippen LogP contribution is 2.15. The lowest BCUT2D eigenvalue weighted by Gasteiger charge is -2.19. The smallest absolute Gasteiger partial charge is 0.122 e. The molecule has 0 aliphatic heterocycles. The Kier molecular flexibility index (Phi) is 3.63. The predicted molar refractivity (Wildman–Crippen MR) is 68.1 cm³/mol. The van der Waals surface area contributed by atoms with Gasteiger partial charge >= 0.3 is 0 Å². The van der Waals surface area contributed by atoms with E-state index in [1.807, 2.05) is 12.1 Å². The van der Waals surface area contributed by atoms with E-state index in [4.69, 9.17) is 18.0 Å². The number of aromatic nitrogens is 1. The first kappa shape index (κ1) is 11.9. The molecule has 82 valence electrons. The van der Waals surface area contributed by atoms with E-state index in [2.05, 4.69) is 31.1 Å². The van der Waals surface area contributed by atoms with Crippen LogP contribution in [0.4, 0.5) is 5.69 Å². The molecule has 4 heteroatoms. The zero-order valence-electron chi connectivity index (χ0n) is 9.37. The van der Waals surface area contributed by atoms with Crippen molar-refractivity contribution in [2.45, 2.75) is 20.8 Å². The molecule has 1 heterocycles. The van der Waals surface area contributed by atoms with Gasteiger partial charge in [0.15, 0.2) is 0 Å². The van der Waals surface area contributed by atoms with Gasteiger partial charge in [0.1, 0.15) is 4.99 Å². The van der Waals surface area contributed by atoms with Crippen LogP contribution in [0.15, 0.2) is 18.3 Å². The minimum atomic E-state index is 0.243. The molecule has 1 aromatic rings. The Labute approximate surface area is 96.1 Å². The van der Waals surface area contributed by atoms with Gasteiger partial charge in [0.2, 0.25) is 0 Å².